The third-order valence-corrected chi connectivity index (χ3v) is 5.24. The highest BCUT2D eigenvalue weighted by molar-refractivity contribution is 5.94. The van der Waals surface area contributed by atoms with Gasteiger partial charge < -0.3 is 20.3 Å². The minimum Gasteiger partial charge on any atom is -0.378 e. The highest BCUT2D eigenvalue weighted by Crippen LogP contribution is 2.18. The van der Waals surface area contributed by atoms with Gasteiger partial charge in [0.05, 0.1) is 25.7 Å². The van der Waals surface area contributed by atoms with Crippen LogP contribution in [0.1, 0.15) is 46.4 Å². The van der Waals surface area contributed by atoms with Crippen LogP contribution in [-0.2, 0) is 20.9 Å². The molecule has 0 aliphatic carbocycles. The molecule has 2 aromatic rings. The van der Waals surface area contributed by atoms with Crippen LogP contribution < -0.4 is 10.6 Å². The van der Waals surface area contributed by atoms with E-state index < -0.39 is 0 Å². The van der Waals surface area contributed by atoms with Gasteiger partial charge in [0, 0.05) is 32.1 Å². The fourth-order valence-electron chi connectivity index (χ4n) is 3.47. The summed E-state index contributed by atoms with van der Waals surface area (Å²) in [7, 11) is 0. The number of amides is 3. The molecule has 0 aromatic heterocycles. The Hall–Kier alpha value is -3.19. The standard InChI is InChI=1S/C24H29N3O4/c1-17-3-7-20(8-4-17)22(26-18(2)28)15-23(29)25-16-19-5-9-21(10-6-19)24(30)27-11-13-31-14-12-27/h3-10,22H,11-16H2,1-2H3,(H,25,29)(H,26,28)/t22-/m1/s1. The summed E-state index contributed by atoms with van der Waals surface area (Å²) >= 11 is 0. The highest BCUT2D eigenvalue weighted by Gasteiger charge is 2.19. The summed E-state index contributed by atoms with van der Waals surface area (Å²) in [5, 5.41) is 5.74. The zero-order valence-electron chi connectivity index (χ0n) is 18.0. The van der Waals surface area contributed by atoms with Gasteiger partial charge in [-0.25, -0.2) is 0 Å². The number of rotatable bonds is 7. The maximum absolute atomic E-state index is 12.5. The average molecular weight is 424 g/mol. The smallest absolute Gasteiger partial charge is 0.254 e. The van der Waals surface area contributed by atoms with E-state index in [1.54, 1.807) is 17.0 Å². The number of benzene rings is 2. The minimum atomic E-state index is -0.383. The predicted octanol–water partition coefficient (Wildman–Crippen LogP) is 2.35. The molecule has 0 saturated carbocycles. The summed E-state index contributed by atoms with van der Waals surface area (Å²) in [6.07, 6.45) is 0.149. The van der Waals surface area contributed by atoms with Gasteiger partial charge in [0.1, 0.15) is 0 Å². The van der Waals surface area contributed by atoms with Crippen molar-refractivity contribution in [2.75, 3.05) is 26.3 Å². The van der Waals surface area contributed by atoms with Crippen molar-refractivity contribution in [2.45, 2.75) is 32.9 Å². The molecule has 31 heavy (non-hydrogen) atoms. The zero-order chi connectivity index (χ0) is 22.2. The Bertz CT molecular complexity index is 903. The number of nitrogens with zero attached hydrogens (tertiary/aromatic N) is 1. The molecule has 3 amide bonds. The van der Waals surface area contributed by atoms with E-state index >= 15 is 0 Å². The largest absolute Gasteiger partial charge is 0.378 e. The van der Waals surface area contributed by atoms with Crippen molar-refractivity contribution in [3.05, 3.63) is 70.8 Å². The van der Waals surface area contributed by atoms with E-state index in [0.717, 1.165) is 16.7 Å². The monoisotopic (exact) mass is 423 g/mol. The molecular weight excluding hydrogens is 394 g/mol. The first kappa shape index (κ1) is 22.5. The number of hydrogen-bond donors (Lipinski definition) is 2. The minimum absolute atomic E-state index is 0.00451. The second kappa shape index (κ2) is 10.7. The van der Waals surface area contributed by atoms with Crippen LogP contribution in [0.4, 0.5) is 0 Å². The van der Waals surface area contributed by atoms with Gasteiger partial charge in [0.15, 0.2) is 0 Å². The Kier molecular flexibility index (Phi) is 7.78. The van der Waals surface area contributed by atoms with Crippen molar-refractivity contribution >= 4 is 17.7 Å². The first-order valence-electron chi connectivity index (χ1n) is 10.5. The van der Waals surface area contributed by atoms with E-state index in [4.69, 9.17) is 4.74 Å². The van der Waals surface area contributed by atoms with E-state index in [-0.39, 0.29) is 30.2 Å². The Morgan fingerprint density at radius 1 is 1.00 bits per heavy atom. The fourth-order valence-corrected chi connectivity index (χ4v) is 3.47. The Balaban J connectivity index is 1.54. The Morgan fingerprint density at radius 2 is 1.65 bits per heavy atom. The maximum Gasteiger partial charge on any atom is 0.254 e. The van der Waals surface area contributed by atoms with Crippen molar-refractivity contribution in [1.82, 2.24) is 15.5 Å². The zero-order valence-corrected chi connectivity index (χ0v) is 18.0. The number of carbonyl (C=O) groups excluding carboxylic acids is 3. The van der Waals surface area contributed by atoms with E-state index in [2.05, 4.69) is 10.6 Å². The molecule has 0 bridgehead atoms. The summed E-state index contributed by atoms with van der Waals surface area (Å²) < 4.78 is 5.28. The van der Waals surface area contributed by atoms with Gasteiger partial charge in [0.25, 0.3) is 5.91 Å². The molecule has 2 N–H and O–H groups in total. The summed E-state index contributed by atoms with van der Waals surface area (Å²) in [5.74, 6) is -0.346. The van der Waals surface area contributed by atoms with Gasteiger partial charge >= 0.3 is 0 Å². The number of morpholine rings is 1. The molecule has 1 heterocycles. The molecule has 0 unspecified atom stereocenters. The maximum atomic E-state index is 12.5. The first-order valence-corrected chi connectivity index (χ1v) is 10.5. The van der Waals surface area contributed by atoms with Crippen molar-refractivity contribution in [1.29, 1.82) is 0 Å². The molecule has 7 heteroatoms. The highest BCUT2D eigenvalue weighted by atomic mass is 16.5. The third-order valence-electron chi connectivity index (χ3n) is 5.24. The molecular formula is C24H29N3O4. The molecule has 164 valence electrons. The van der Waals surface area contributed by atoms with Crippen LogP contribution in [0.25, 0.3) is 0 Å². The fraction of sp³-hybridized carbons (Fsp3) is 0.375. The predicted molar refractivity (Wildman–Crippen MR) is 117 cm³/mol. The summed E-state index contributed by atoms with van der Waals surface area (Å²) in [6.45, 7) is 6.13. The van der Waals surface area contributed by atoms with Gasteiger partial charge in [-0.05, 0) is 30.2 Å². The lowest BCUT2D eigenvalue weighted by atomic mass is 10.0. The SMILES string of the molecule is CC(=O)N[C@H](CC(=O)NCc1ccc(C(=O)N2CCOCC2)cc1)c1ccc(C)cc1. The molecule has 1 aliphatic heterocycles. The van der Waals surface area contributed by atoms with Gasteiger partial charge in [-0.3, -0.25) is 14.4 Å². The second-order valence-corrected chi connectivity index (χ2v) is 7.75. The van der Waals surface area contributed by atoms with Gasteiger partial charge in [-0.15, -0.1) is 0 Å². The Labute approximate surface area is 182 Å². The van der Waals surface area contributed by atoms with E-state index in [1.807, 2.05) is 43.3 Å². The van der Waals surface area contributed by atoms with Crippen molar-refractivity contribution in [3.63, 3.8) is 0 Å². The van der Waals surface area contributed by atoms with Crippen molar-refractivity contribution in [3.8, 4) is 0 Å². The molecule has 3 rings (SSSR count). The lowest BCUT2D eigenvalue weighted by Gasteiger charge is -2.26. The lowest BCUT2D eigenvalue weighted by Crippen LogP contribution is -2.40. The van der Waals surface area contributed by atoms with Crippen LogP contribution in [0.5, 0.6) is 0 Å². The van der Waals surface area contributed by atoms with Crippen LogP contribution in [0.3, 0.4) is 0 Å². The third kappa shape index (κ3) is 6.65. The van der Waals surface area contributed by atoms with Crippen LogP contribution in [0.2, 0.25) is 0 Å². The van der Waals surface area contributed by atoms with Crippen LogP contribution in [0.15, 0.2) is 48.5 Å². The second-order valence-electron chi connectivity index (χ2n) is 7.75. The van der Waals surface area contributed by atoms with Gasteiger partial charge in [-0.1, -0.05) is 42.0 Å². The number of carbonyl (C=O) groups is 3. The summed E-state index contributed by atoms with van der Waals surface area (Å²) in [6, 6.07) is 14.6. The summed E-state index contributed by atoms with van der Waals surface area (Å²) in [5.41, 5.74) is 3.53. The van der Waals surface area contributed by atoms with Gasteiger partial charge in [-0.2, -0.15) is 0 Å². The molecule has 1 saturated heterocycles. The first-order chi connectivity index (χ1) is 14.9. The van der Waals surface area contributed by atoms with Gasteiger partial charge in [0.2, 0.25) is 11.8 Å². The average Bonchev–Trinajstić information content (AvgIpc) is 2.78. The van der Waals surface area contributed by atoms with E-state index in [1.165, 1.54) is 6.92 Å². The molecule has 2 aromatic carbocycles. The van der Waals surface area contributed by atoms with Crippen LogP contribution in [0, 0.1) is 6.92 Å². The molecule has 0 spiro atoms. The van der Waals surface area contributed by atoms with Crippen molar-refractivity contribution in [2.24, 2.45) is 0 Å². The van der Waals surface area contributed by atoms with E-state index in [0.29, 0.717) is 38.4 Å². The molecule has 1 aliphatic rings. The molecule has 1 atom stereocenters. The van der Waals surface area contributed by atoms with E-state index in [9.17, 15) is 14.4 Å². The molecule has 7 nitrogen and oxygen atoms in total. The van der Waals surface area contributed by atoms with Crippen LogP contribution in [-0.4, -0.2) is 48.9 Å². The topological polar surface area (TPSA) is 87.7 Å². The molecule has 1 fully saturated rings. The van der Waals surface area contributed by atoms with Crippen LogP contribution >= 0.6 is 0 Å². The number of hydrogen-bond acceptors (Lipinski definition) is 4. The number of aryl methyl sites for hydroxylation is 1. The Morgan fingerprint density at radius 3 is 2.26 bits per heavy atom. The quantitative estimate of drug-likeness (QED) is 0.716. The molecule has 0 radical (unpaired) electrons. The van der Waals surface area contributed by atoms with Crippen molar-refractivity contribution < 1.29 is 19.1 Å². The summed E-state index contributed by atoms with van der Waals surface area (Å²) in [4.78, 5) is 38.4. The number of ether oxygens (including phenoxy) is 1. The normalized spacial score (nSPS) is 14.6. The lowest BCUT2D eigenvalue weighted by molar-refractivity contribution is -0.122. The number of nitrogens with one attached hydrogen (secondary N) is 2.